The lowest BCUT2D eigenvalue weighted by Crippen LogP contribution is -2.35. The van der Waals surface area contributed by atoms with Gasteiger partial charge in [-0.3, -0.25) is 0 Å². The van der Waals surface area contributed by atoms with E-state index in [2.05, 4.69) is 0 Å². The lowest BCUT2D eigenvalue weighted by molar-refractivity contribution is 0.299. The smallest absolute Gasteiger partial charge is 0.246 e. The van der Waals surface area contributed by atoms with Crippen LogP contribution in [0.4, 0.5) is 22.0 Å². The molecule has 0 heterocycles. The lowest BCUT2D eigenvalue weighted by atomic mass is 10.0. The summed E-state index contributed by atoms with van der Waals surface area (Å²) >= 11 is 0. The van der Waals surface area contributed by atoms with Crippen LogP contribution in [0.25, 0.3) is 0 Å². The summed E-state index contributed by atoms with van der Waals surface area (Å²) in [5, 5.41) is 0. The Kier molecular flexibility index (Phi) is 6.23. The molecule has 0 radical (unpaired) electrons. The van der Waals surface area contributed by atoms with Crippen LogP contribution in [0.3, 0.4) is 0 Å². The molecule has 148 valence electrons. The molecule has 27 heavy (non-hydrogen) atoms. The molecule has 0 spiro atoms. The highest BCUT2D eigenvalue weighted by Crippen LogP contribution is 2.27. The van der Waals surface area contributed by atoms with Crippen molar-refractivity contribution in [3.05, 3.63) is 64.5 Å². The number of halogens is 5. The summed E-state index contributed by atoms with van der Waals surface area (Å²) in [5.74, 6) is -11.9. The zero-order chi connectivity index (χ0) is 20.5. The third kappa shape index (κ3) is 4.28. The number of benzene rings is 2. The third-order valence-corrected chi connectivity index (χ3v) is 5.43. The molecule has 2 aromatic rings. The fourth-order valence-electron chi connectivity index (χ4n) is 2.47. The summed E-state index contributed by atoms with van der Waals surface area (Å²) in [7, 11) is -1.70. The Balaban J connectivity index is 2.37. The maximum Gasteiger partial charge on any atom is 0.246 e. The fourth-order valence-corrected chi connectivity index (χ4v) is 3.64. The predicted octanol–water partition coefficient (Wildman–Crippen LogP) is 3.27. The van der Waals surface area contributed by atoms with Crippen LogP contribution < -0.4 is 4.72 Å². The van der Waals surface area contributed by atoms with Crippen LogP contribution in [0, 0.1) is 36.0 Å². The number of nitrogens with zero attached hydrogens (tertiary/aromatic N) is 1. The van der Waals surface area contributed by atoms with Crippen molar-refractivity contribution in [1.29, 1.82) is 0 Å². The van der Waals surface area contributed by atoms with Crippen molar-refractivity contribution < 1.29 is 30.4 Å². The van der Waals surface area contributed by atoms with Crippen molar-refractivity contribution in [3.63, 3.8) is 0 Å². The van der Waals surface area contributed by atoms with Gasteiger partial charge in [-0.15, -0.1) is 0 Å². The van der Waals surface area contributed by atoms with Gasteiger partial charge in [0.05, 0.1) is 0 Å². The molecule has 0 aromatic heterocycles. The highest BCUT2D eigenvalue weighted by Gasteiger charge is 2.34. The number of nitrogens with one attached hydrogen (secondary N) is 1. The van der Waals surface area contributed by atoms with E-state index in [4.69, 9.17) is 0 Å². The Labute approximate surface area is 153 Å². The topological polar surface area (TPSA) is 49.4 Å². The molecule has 10 heteroatoms. The molecule has 0 amide bonds. The molecule has 0 bridgehead atoms. The Morgan fingerprint density at radius 1 is 0.889 bits per heavy atom. The molecule has 0 saturated carbocycles. The monoisotopic (exact) mass is 408 g/mol. The fraction of sp³-hybridized carbons (Fsp3) is 0.294. The minimum atomic E-state index is -5.00. The first-order valence-electron chi connectivity index (χ1n) is 7.71. The SMILES string of the molecule is Cc1ccc([C@H](CNS(=O)(=O)c2c(F)c(F)c(F)c(F)c2F)N(C)C)cc1. The van der Waals surface area contributed by atoms with E-state index < -0.39 is 50.0 Å². The first-order valence-corrected chi connectivity index (χ1v) is 9.19. The Morgan fingerprint density at radius 3 is 1.78 bits per heavy atom. The van der Waals surface area contributed by atoms with E-state index in [1.807, 2.05) is 11.6 Å². The standard InChI is InChI=1S/C17H17F5N2O2S/c1-9-4-6-10(7-5-9)11(24(2)3)8-23-27(25,26)17-15(21)13(19)12(18)14(20)16(17)22/h4-7,11,23H,8H2,1-3H3/t11-/m0/s1. The van der Waals surface area contributed by atoms with Crippen molar-refractivity contribution in [2.45, 2.75) is 17.9 Å². The minimum absolute atomic E-state index is 0.349. The molecule has 1 N–H and O–H groups in total. The van der Waals surface area contributed by atoms with E-state index in [0.717, 1.165) is 5.56 Å². The molecular weight excluding hydrogens is 391 g/mol. The van der Waals surface area contributed by atoms with Crippen LogP contribution in [-0.4, -0.2) is 34.0 Å². The number of sulfonamides is 1. The van der Waals surface area contributed by atoms with E-state index >= 15 is 0 Å². The zero-order valence-electron chi connectivity index (χ0n) is 14.7. The van der Waals surface area contributed by atoms with Gasteiger partial charge in [0.1, 0.15) is 0 Å². The van der Waals surface area contributed by atoms with Crippen molar-refractivity contribution >= 4 is 10.0 Å². The van der Waals surface area contributed by atoms with E-state index in [9.17, 15) is 30.4 Å². The molecule has 2 rings (SSSR count). The van der Waals surface area contributed by atoms with E-state index in [0.29, 0.717) is 5.56 Å². The number of hydrogen-bond donors (Lipinski definition) is 1. The van der Waals surface area contributed by atoms with E-state index in [1.165, 1.54) is 0 Å². The Bertz CT molecular complexity index is 918. The third-order valence-electron chi connectivity index (χ3n) is 3.99. The van der Waals surface area contributed by atoms with Gasteiger partial charge >= 0.3 is 0 Å². The maximum atomic E-state index is 13.8. The molecule has 0 fully saturated rings. The van der Waals surface area contributed by atoms with Crippen LogP contribution in [0.5, 0.6) is 0 Å². The van der Waals surface area contributed by atoms with Crippen molar-refractivity contribution in [2.75, 3.05) is 20.6 Å². The van der Waals surface area contributed by atoms with E-state index in [1.54, 1.807) is 43.3 Å². The highest BCUT2D eigenvalue weighted by atomic mass is 32.2. The maximum absolute atomic E-state index is 13.8. The quantitative estimate of drug-likeness (QED) is 0.454. The summed E-state index contributed by atoms with van der Waals surface area (Å²) in [5.41, 5.74) is 1.67. The van der Waals surface area contributed by atoms with Gasteiger partial charge in [-0.05, 0) is 26.6 Å². The zero-order valence-corrected chi connectivity index (χ0v) is 15.5. The summed E-state index contributed by atoms with van der Waals surface area (Å²) in [6.45, 7) is 1.51. The molecule has 1 atom stereocenters. The number of hydrogen-bond acceptors (Lipinski definition) is 3. The number of aryl methyl sites for hydroxylation is 1. The second-order valence-electron chi connectivity index (χ2n) is 6.14. The van der Waals surface area contributed by atoms with Crippen LogP contribution >= 0.6 is 0 Å². The second kappa shape index (κ2) is 7.91. The van der Waals surface area contributed by atoms with E-state index in [-0.39, 0.29) is 6.54 Å². The predicted molar refractivity (Wildman–Crippen MR) is 89.0 cm³/mol. The van der Waals surface area contributed by atoms with Gasteiger partial charge in [-0.25, -0.2) is 35.1 Å². The van der Waals surface area contributed by atoms with Crippen LogP contribution in [-0.2, 0) is 10.0 Å². The summed E-state index contributed by atoms with van der Waals surface area (Å²) in [6.07, 6.45) is 0. The average molecular weight is 408 g/mol. The van der Waals surface area contributed by atoms with Gasteiger partial charge in [0.15, 0.2) is 28.2 Å². The second-order valence-corrected chi connectivity index (χ2v) is 7.84. The highest BCUT2D eigenvalue weighted by molar-refractivity contribution is 7.89. The molecule has 0 aliphatic carbocycles. The molecule has 4 nitrogen and oxygen atoms in total. The molecular formula is C17H17F5N2O2S. The molecule has 0 aliphatic rings. The van der Waals surface area contributed by atoms with Gasteiger partial charge in [-0.1, -0.05) is 29.8 Å². The summed E-state index contributed by atoms with van der Waals surface area (Å²) in [6, 6.07) is 6.54. The first-order chi connectivity index (χ1) is 12.5. The van der Waals surface area contributed by atoms with Crippen LogP contribution in [0.2, 0.25) is 0 Å². The van der Waals surface area contributed by atoms with Gasteiger partial charge in [0, 0.05) is 12.6 Å². The van der Waals surface area contributed by atoms with Gasteiger partial charge in [0.2, 0.25) is 15.8 Å². The van der Waals surface area contributed by atoms with Gasteiger partial charge in [-0.2, -0.15) is 0 Å². The Morgan fingerprint density at radius 2 is 1.33 bits per heavy atom. The molecule has 0 aliphatic heterocycles. The summed E-state index contributed by atoms with van der Waals surface area (Å²) in [4.78, 5) is -0.258. The number of likely N-dealkylation sites (N-methyl/N-ethyl adjacent to an activating group) is 1. The van der Waals surface area contributed by atoms with Crippen molar-refractivity contribution in [2.24, 2.45) is 0 Å². The summed E-state index contributed by atoms with van der Waals surface area (Å²) < 4.78 is 93.7. The van der Waals surface area contributed by atoms with Crippen LogP contribution in [0.1, 0.15) is 17.2 Å². The van der Waals surface area contributed by atoms with Gasteiger partial charge in [0.25, 0.3) is 0 Å². The van der Waals surface area contributed by atoms with Crippen molar-refractivity contribution in [3.8, 4) is 0 Å². The molecule has 2 aromatic carbocycles. The first kappa shape index (κ1) is 21.3. The number of rotatable bonds is 6. The molecule has 0 saturated heterocycles. The Hall–Kier alpha value is -2.04. The molecule has 0 unspecified atom stereocenters. The largest absolute Gasteiger partial charge is 0.301 e. The minimum Gasteiger partial charge on any atom is -0.301 e. The van der Waals surface area contributed by atoms with Crippen molar-refractivity contribution in [1.82, 2.24) is 9.62 Å². The lowest BCUT2D eigenvalue weighted by Gasteiger charge is -2.25. The normalized spacial score (nSPS) is 13.2. The van der Waals surface area contributed by atoms with Crippen LogP contribution in [0.15, 0.2) is 29.2 Å². The average Bonchev–Trinajstić information content (AvgIpc) is 2.59. The van der Waals surface area contributed by atoms with Gasteiger partial charge < -0.3 is 4.90 Å².